The molecule has 19 heavy (non-hydrogen) atoms. The fourth-order valence-corrected chi connectivity index (χ4v) is 2.33. The first-order valence-electron chi connectivity index (χ1n) is 5.92. The highest BCUT2D eigenvalue weighted by Crippen LogP contribution is 2.16. The Kier molecular flexibility index (Phi) is 4.98. The third-order valence-corrected chi connectivity index (χ3v) is 3.73. The molecule has 0 aliphatic carbocycles. The molecule has 106 valence electrons. The Balaban J connectivity index is 2.58. The van der Waals surface area contributed by atoms with Crippen molar-refractivity contribution < 1.29 is 13.2 Å². The lowest BCUT2D eigenvalue weighted by atomic mass is 10.1. The Morgan fingerprint density at radius 1 is 1.21 bits per heavy atom. The zero-order chi connectivity index (χ0) is 14.7. The van der Waals surface area contributed by atoms with E-state index in [9.17, 15) is 13.2 Å². The number of rotatable bonds is 4. The van der Waals surface area contributed by atoms with Gasteiger partial charge in [0.1, 0.15) is 0 Å². The Labute approximate surface area is 118 Å². The summed E-state index contributed by atoms with van der Waals surface area (Å²) in [5, 5.41) is 2.87. The standard InChI is InChI=1S/C13H18ClNO3S/c1-13(2,3)15-12(16)9-6-10-4-7-11(8-5-10)19(14,17)18/h4-5,7-8H,6,9H2,1-3H3,(H,15,16). The number of halogens is 1. The van der Waals surface area contributed by atoms with E-state index in [1.807, 2.05) is 20.8 Å². The van der Waals surface area contributed by atoms with E-state index in [1.165, 1.54) is 12.1 Å². The predicted octanol–water partition coefficient (Wildman–Crippen LogP) is 2.46. The third-order valence-electron chi connectivity index (χ3n) is 2.36. The normalized spacial score (nSPS) is 12.2. The molecule has 0 fully saturated rings. The summed E-state index contributed by atoms with van der Waals surface area (Å²) in [7, 11) is 1.54. The van der Waals surface area contributed by atoms with Gasteiger partial charge in [-0.1, -0.05) is 12.1 Å². The summed E-state index contributed by atoms with van der Waals surface area (Å²) in [6, 6.07) is 6.22. The molecular weight excluding hydrogens is 286 g/mol. The molecule has 1 aromatic rings. The van der Waals surface area contributed by atoms with Crippen LogP contribution >= 0.6 is 10.7 Å². The highest BCUT2D eigenvalue weighted by molar-refractivity contribution is 8.13. The minimum absolute atomic E-state index is 0.0264. The van der Waals surface area contributed by atoms with Crippen LogP contribution in [0, 0.1) is 0 Å². The Bertz CT molecular complexity index is 544. The van der Waals surface area contributed by atoms with E-state index < -0.39 is 9.05 Å². The van der Waals surface area contributed by atoms with Crippen molar-refractivity contribution >= 4 is 25.6 Å². The van der Waals surface area contributed by atoms with E-state index in [0.717, 1.165) is 5.56 Å². The van der Waals surface area contributed by atoms with Crippen LogP contribution < -0.4 is 5.32 Å². The van der Waals surface area contributed by atoms with E-state index in [1.54, 1.807) is 12.1 Å². The maximum absolute atomic E-state index is 11.6. The quantitative estimate of drug-likeness (QED) is 0.869. The lowest BCUT2D eigenvalue weighted by molar-refractivity contribution is -0.122. The summed E-state index contributed by atoms with van der Waals surface area (Å²) in [6.07, 6.45) is 0.925. The Hall–Kier alpha value is -1.07. The molecule has 0 unspecified atom stereocenters. The van der Waals surface area contributed by atoms with E-state index in [4.69, 9.17) is 10.7 Å². The third kappa shape index (κ3) is 6.07. The van der Waals surface area contributed by atoms with Crippen molar-refractivity contribution in [3.63, 3.8) is 0 Å². The molecule has 1 amide bonds. The average Bonchev–Trinajstić information content (AvgIpc) is 2.23. The van der Waals surface area contributed by atoms with Crippen LogP contribution in [0.2, 0.25) is 0 Å². The number of aryl methyl sites for hydroxylation is 1. The molecule has 0 atom stereocenters. The summed E-state index contributed by atoms with van der Waals surface area (Å²) in [5.74, 6) is -0.0264. The highest BCUT2D eigenvalue weighted by atomic mass is 35.7. The summed E-state index contributed by atoms with van der Waals surface area (Å²) in [6.45, 7) is 5.76. The van der Waals surface area contributed by atoms with Crippen LogP contribution in [0.4, 0.5) is 0 Å². The molecule has 0 aliphatic heterocycles. The molecular formula is C13H18ClNO3S. The molecule has 6 heteroatoms. The molecule has 0 saturated carbocycles. The van der Waals surface area contributed by atoms with Gasteiger partial charge in [0.05, 0.1) is 4.90 Å². The first kappa shape index (κ1) is 16.0. The van der Waals surface area contributed by atoms with Gasteiger partial charge >= 0.3 is 0 Å². The topological polar surface area (TPSA) is 63.2 Å². The number of carbonyl (C=O) groups excluding carboxylic acids is 1. The molecule has 0 spiro atoms. The van der Waals surface area contributed by atoms with Gasteiger partial charge in [-0.3, -0.25) is 4.79 Å². The zero-order valence-corrected chi connectivity index (χ0v) is 12.8. The molecule has 0 heterocycles. The minimum Gasteiger partial charge on any atom is -0.351 e. The second-order valence-corrected chi connectivity index (χ2v) is 7.95. The largest absolute Gasteiger partial charge is 0.351 e. The molecule has 1 N–H and O–H groups in total. The van der Waals surface area contributed by atoms with Gasteiger partial charge in [0.25, 0.3) is 9.05 Å². The molecule has 1 rings (SSSR count). The van der Waals surface area contributed by atoms with Crippen LogP contribution in [0.3, 0.4) is 0 Å². The molecule has 0 radical (unpaired) electrons. The summed E-state index contributed by atoms with van der Waals surface area (Å²) >= 11 is 0. The predicted molar refractivity (Wildman–Crippen MR) is 75.7 cm³/mol. The second kappa shape index (κ2) is 5.92. The van der Waals surface area contributed by atoms with Crippen LogP contribution in [-0.2, 0) is 20.3 Å². The fraction of sp³-hybridized carbons (Fsp3) is 0.462. The van der Waals surface area contributed by atoms with Crippen LogP contribution in [0.25, 0.3) is 0 Å². The molecule has 0 aliphatic rings. The van der Waals surface area contributed by atoms with Crippen LogP contribution in [-0.4, -0.2) is 19.9 Å². The Morgan fingerprint density at radius 3 is 2.16 bits per heavy atom. The van der Waals surface area contributed by atoms with Crippen molar-refractivity contribution in [2.75, 3.05) is 0 Å². The molecule has 1 aromatic carbocycles. The molecule has 0 saturated heterocycles. The van der Waals surface area contributed by atoms with Crippen LogP contribution in [0.15, 0.2) is 29.2 Å². The zero-order valence-electron chi connectivity index (χ0n) is 11.2. The molecule has 0 aromatic heterocycles. The van der Waals surface area contributed by atoms with Crippen molar-refractivity contribution in [2.24, 2.45) is 0 Å². The minimum atomic E-state index is -3.68. The van der Waals surface area contributed by atoms with Crippen molar-refractivity contribution in [2.45, 2.75) is 44.0 Å². The summed E-state index contributed by atoms with van der Waals surface area (Å²) in [5.41, 5.74) is 0.654. The van der Waals surface area contributed by atoms with Crippen molar-refractivity contribution in [3.8, 4) is 0 Å². The molecule has 0 bridgehead atoms. The number of hydrogen-bond acceptors (Lipinski definition) is 3. The van der Waals surface area contributed by atoms with Crippen LogP contribution in [0.5, 0.6) is 0 Å². The second-order valence-electron chi connectivity index (χ2n) is 5.38. The highest BCUT2D eigenvalue weighted by Gasteiger charge is 2.13. The van der Waals surface area contributed by atoms with E-state index in [-0.39, 0.29) is 16.3 Å². The first-order valence-corrected chi connectivity index (χ1v) is 8.23. The lowest BCUT2D eigenvalue weighted by Crippen LogP contribution is -2.40. The van der Waals surface area contributed by atoms with E-state index in [0.29, 0.717) is 12.8 Å². The van der Waals surface area contributed by atoms with Gasteiger partial charge in [-0.15, -0.1) is 0 Å². The van der Waals surface area contributed by atoms with Gasteiger partial charge in [-0.05, 0) is 44.9 Å². The lowest BCUT2D eigenvalue weighted by Gasteiger charge is -2.20. The van der Waals surface area contributed by atoms with Gasteiger partial charge in [0.2, 0.25) is 5.91 Å². The van der Waals surface area contributed by atoms with E-state index >= 15 is 0 Å². The Morgan fingerprint density at radius 2 is 1.74 bits per heavy atom. The van der Waals surface area contributed by atoms with Crippen molar-refractivity contribution in [1.29, 1.82) is 0 Å². The number of hydrogen-bond donors (Lipinski definition) is 1. The van der Waals surface area contributed by atoms with Crippen LogP contribution in [0.1, 0.15) is 32.8 Å². The first-order chi connectivity index (χ1) is 8.58. The van der Waals surface area contributed by atoms with Gasteiger partial charge < -0.3 is 5.32 Å². The smallest absolute Gasteiger partial charge is 0.261 e. The monoisotopic (exact) mass is 303 g/mol. The number of amides is 1. The maximum atomic E-state index is 11.6. The summed E-state index contributed by atoms with van der Waals surface area (Å²) in [4.78, 5) is 11.7. The van der Waals surface area contributed by atoms with Gasteiger partial charge in [-0.2, -0.15) is 0 Å². The van der Waals surface area contributed by atoms with Gasteiger partial charge in [0, 0.05) is 22.6 Å². The number of benzene rings is 1. The summed E-state index contributed by atoms with van der Waals surface area (Å²) < 4.78 is 22.1. The fourth-order valence-electron chi connectivity index (χ4n) is 1.56. The SMILES string of the molecule is CC(C)(C)NC(=O)CCc1ccc(S(=O)(=O)Cl)cc1. The van der Waals surface area contributed by atoms with Crippen molar-refractivity contribution in [1.82, 2.24) is 5.32 Å². The number of carbonyl (C=O) groups is 1. The van der Waals surface area contributed by atoms with E-state index in [2.05, 4.69) is 5.32 Å². The van der Waals surface area contributed by atoms with Gasteiger partial charge in [-0.25, -0.2) is 8.42 Å². The maximum Gasteiger partial charge on any atom is 0.261 e. The number of nitrogens with one attached hydrogen (secondary N) is 1. The van der Waals surface area contributed by atoms with Crippen molar-refractivity contribution in [3.05, 3.63) is 29.8 Å². The molecule has 4 nitrogen and oxygen atoms in total. The average molecular weight is 304 g/mol. The van der Waals surface area contributed by atoms with Gasteiger partial charge in [0.15, 0.2) is 0 Å².